The van der Waals surface area contributed by atoms with Crippen molar-refractivity contribution in [2.45, 2.75) is 0 Å². The van der Waals surface area contributed by atoms with Crippen LogP contribution >= 0.6 is 0 Å². The minimum atomic E-state index is 0.378. The first kappa shape index (κ1) is 16.5. The fourth-order valence-electron chi connectivity index (χ4n) is 3.00. The molecule has 0 aliphatic carbocycles. The predicted octanol–water partition coefficient (Wildman–Crippen LogP) is 1.89. The lowest BCUT2D eigenvalue weighted by molar-refractivity contribution is 0.208. The van der Waals surface area contributed by atoms with Gasteiger partial charge in [-0.25, -0.2) is 15.0 Å². The number of benzene rings is 1. The maximum Gasteiger partial charge on any atom is 0.257 e. The third-order valence-electron chi connectivity index (χ3n) is 4.26. The molecule has 7 nitrogen and oxygen atoms in total. The summed E-state index contributed by atoms with van der Waals surface area (Å²) in [5.41, 5.74) is 0. The number of piperazine rings is 1. The molecule has 2 aromatic heterocycles. The highest BCUT2D eigenvalue weighted by Crippen LogP contribution is 2.24. The number of fused-ring (bicyclic) bond motifs is 1. The molecule has 1 aromatic carbocycles. The first-order valence-corrected chi connectivity index (χ1v) is 8.78. The van der Waals surface area contributed by atoms with E-state index in [2.05, 4.69) is 25.2 Å². The fraction of sp³-hybridized carbons (Fsp3) is 0.316. The zero-order valence-corrected chi connectivity index (χ0v) is 14.5. The molecule has 0 atom stereocenters. The van der Waals surface area contributed by atoms with Crippen molar-refractivity contribution in [3.63, 3.8) is 0 Å². The van der Waals surface area contributed by atoms with Crippen LogP contribution in [0.1, 0.15) is 0 Å². The SMILES string of the molecule is c1ccc2c(OCCOc3nccnc3N3CCNCC3)nccc2c1. The Morgan fingerprint density at radius 3 is 2.46 bits per heavy atom. The minimum Gasteiger partial charge on any atom is -0.474 e. The van der Waals surface area contributed by atoms with E-state index in [0.717, 1.165) is 42.8 Å². The van der Waals surface area contributed by atoms with Gasteiger partial charge in [0.1, 0.15) is 13.2 Å². The van der Waals surface area contributed by atoms with Crippen LogP contribution in [0.4, 0.5) is 5.82 Å². The highest BCUT2D eigenvalue weighted by molar-refractivity contribution is 5.86. The Morgan fingerprint density at radius 2 is 1.58 bits per heavy atom. The highest BCUT2D eigenvalue weighted by Gasteiger charge is 2.17. The molecule has 0 bridgehead atoms. The lowest BCUT2D eigenvalue weighted by atomic mass is 10.2. The van der Waals surface area contributed by atoms with Crippen molar-refractivity contribution in [3.8, 4) is 11.8 Å². The van der Waals surface area contributed by atoms with Crippen LogP contribution < -0.4 is 19.7 Å². The molecule has 0 saturated carbocycles. The van der Waals surface area contributed by atoms with E-state index in [4.69, 9.17) is 9.47 Å². The van der Waals surface area contributed by atoms with Gasteiger partial charge in [-0.15, -0.1) is 0 Å². The van der Waals surface area contributed by atoms with E-state index in [1.165, 1.54) is 0 Å². The Morgan fingerprint density at radius 1 is 0.846 bits per heavy atom. The monoisotopic (exact) mass is 351 g/mol. The molecule has 4 rings (SSSR count). The average Bonchev–Trinajstić information content (AvgIpc) is 2.72. The molecule has 3 heterocycles. The number of rotatable bonds is 6. The summed E-state index contributed by atoms with van der Waals surface area (Å²) in [6, 6.07) is 10.00. The molecule has 3 aromatic rings. The summed E-state index contributed by atoms with van der Waals surface area (Å²) in [6.45, 7) is 4.43. The number of pyridine rings is 1. The first-order valence-electron chi connectivity index (χ1n) is 8.78. The third kappa shape index (κ3) is 3.67. The summed E-state index contributed by atoms with van der Waals surface area (Å²) in [4.78, 5) is 15.3. The molecular formula is C19H21N5O2. The largest absolute Gasteiger partial charge is 0.474 e. The minimum absolute atomic E-state index is 0.378. The van der Waals surface area contributed by atoms with Crippen molar-refractivity contribution in [2.24, 2.45) is 0 Å². The van der Waals surface area contributed by atoms with Crippen molar-refractivity contribution < 1.29 is 9.47 Å². The van der Waals surface area contributed by atoms with Gasteiger partial charge in [-0.2, -0.15) is 0 Å². The number of nitrogens with one attached hydrogen (secondary N) is 1. The molecule has 7 heteroatoms. The number of ether oxygens (including phenoxy) is 2. The summed E-state index contributed by atoms with van der Waals surface area (Å²) in [7, 11) is 0. The van der Waals surface area contributed by atoms with Crippen molar-refractivity contribution in [1.82, 2.24) is 20.3 Å². The van der Waals surface area contributed by atoms with Gasteiger partial charge in [-0.3, -0.25) is 0 Å². The number of hydrogen-bond donors (Lipinski definition) is 1. The molecule has 1 aliphatic heterocycles. The first-order chi connectivity index (χ1) is 12.9. The Hall–Kier alpha value is -2.93. The maximum atomic E-state index is 5.84. The van der Waals surface area contributed by atoms with Gasteiger partial charge in [0.2, 0.25) is 5.88 Å². The Bertz CT molecular complexity index is 862. The Kier molecular flexibility index (Phi) is 5.07. The van der Waals surface area contributed by atoms with Crippen molar-refractivity contribution in [2.75, 3.05) is 44.3 Å². The van der Waals surface area contributed by atoms with Gasteiger partial charge in [0, 0.05) is 50.2 Å². The molecule has 0 amide bonds. The van der Waals surface area contributed by atoms with Crippen molar-refractivity contribution in [3.05, 3.63) is 48.9 Å². The van der Waals surface area contributed by atoms with Crippen LogP contribution in [0.15, 0.2) is 48.9 Å². The smallest absolute Gasteiger partial charge is 0.257 e. The van der Waals surface area contributed by atoms with Gasteiger partial charge < -0.3 is 19.7 Å². The quantitative estimate of drug-likeness (QED) is 0.680. The van der Waals surface area contributed by atoms with E-state index in [9.17, 15) is 0 Å². The molecule has 1 aliphatic rings. The molecule has 0 unspecified atom stereocenters. The lowest BCUT2D eigenvalue weighted by Gasteiger charge is -2.28. The summed E-state index contributed by atoms with van der Waals surface area (Å²) in [5.74, 6) is 1.95. The van der Waals surface area contributed by atoms with Crippen LogP contribution in [0.5, 0.6) is 11.8 Å². The third-order valence-corrected chi connectivity index (χ3v) is 4.26. The molecule has 26 heavy (non-hydrogen) atoms. The average molecular weight is 351 g/mol. The summed E-state index contributed by atoms with van der Waals surface area (Å²) < 4.78 is 11.7. The molecule has 1 N–H and O–H groups in total. The summed E-state index contributed by atoms with van der Waals surface area (Å²) in [6.07, 6.45) is 5.10. The van der Waals surface area contributed by atoms with Crippen LogP contribution in [-0.2, 0) is 0 Å². The zero-order chi connectivity index (χ0) is 17.6. The van der Waals surface area contributed by atoms with Gasteiger partial charge in [-0.05, 0) is 17.5 Å². The predicted molar refractivity (Wildman–Crippen MR) is 99.8 cm³/mol. The van der Waals surface area contributed by atoms with E-state index in [-0.39, 0.29) is 0 Å². The van der Waals surface area contributed by atoms with Gasteiger partial charge in [0.05, 0.1) is 0 Å². The standard InChI is InChI=1S/C19H21N5O2/c1-2-4-16-15(3-1)5-6-22-18(16)25-13-14-26-19-17(21-7-8-23-19)24-11-9-20-10-12-24/h1-8,20H,9-14H2. The molecular weight excluding hydrogens is 330 g/mol. The van der Waals surface area contributed by atoms with Crippen LogP contribution in [0.25, 0.3) is 10.8 Å². The molecule has 0 spiro atoms. The van der Waals surface area contributed by atoms with Crippen LogP contribution in [-0.4, -0.2) is 54.3 Å². The van der Waals surface area contributed by atoms with E-state index in [1.54, 1.807) is 18.6 Å². The second kappa shape index (κ2) is 7.97. The summed E-state index contributed by atoms with van der Waals surface area (Å²) >= 11 is 0. The number of aromatic nitrogens is 3. The van der Waals surface area contributed by atoms with Crippen molar-refractivity contribution >= 4 is 16.6 Å². The van der Waals surface area contributed by atoms with Gasteiger partial charge in [0.15, 0.2) is 5.82 Å². The van der Waals surface area contributed by atoms with Gasteiger partial charge >= 0.3 is 0 Å². The highest BCUT2D eigenvalue weighted by atomic mass is 16.5. The van der Waals surface area contributed by atoms with Crippen LogP contribution in [0.2, 0.25) is 0 Å². The van der Waals surface area contributed by atoms with Gasteiger partial charge in [0.25, 0.3) is 5.88 Å². The normalized spacial score (nSPS) is 14.4. The van der Waals surface area contributed by atoms with E-state index >= 15 is 0 Å². The van der Waals surface area contributed by atoms with E-state index in [1.807, 2.05) is 30.3 Å². The van der Waals surface area contributed by atoms with E-state index < -0.39 is 0 Å². The molecule has 1 saturated heterocycles. The van der Waals surface area contributed by atoms with Gasteiger partial charge in [-0.1, -0.05) is 18.2 Å². The number of hydrogen-bond acceptors (Lipinski definition) is 7. The maximum absolute atomic E-state index is 5.84. The molecule has 134 valence electrons. The Balaban J connectivity index is 1.38. The number of nitrogens with zero attached hydrogens (tertiary/aromatic N) is 4. The topological polar surface area (TPSA) is 72.4 Å². The molecule has 1 fully saturated rings. The van der Waals surface area contributed by atoms with Crippen molar-refractivity contribution in [1.29, 1.82) is 0 Å². The summed E-state index contributed by atoms with van der Waals surface area (Å²) in [5, 5.41) is 5.43. The zero-order valence-electron chi connectivity index (χ0n) is 14.5. The second-order valence-corrected chi connectivity index (χ2v) is 5.96. The number of anilines is 1. The molecule has 0 radical (unpaired) electrons. The second-order valence-electron chi connectivity index (χ2n) is 5.96. The van der Waals surface area contributed by atoms with E-state index in [0.29, 0.717) is 25.0 Å². The lowest BCUT2D eigenvalue weighted by Crippen LogP contribution is -2.44. The fourth-order valence-corrected chi connectivity index (χ4v) is 3.00. The van der Waals surface area contributed by atoms with Crippen LogP contribution in [0.3, 0.4) is 0 Å². The van der Waals surface area contributed by atoms with Crippen LogP contribution in [0, 0.1) is 0 Å². The Labute approximate surface area is 152 Å².